The predicted molar refractivity (Wildman–Crippen MR) is 94.0 cm³/mol. The van der Waals surface area contributed by atoms with Crippen LogP contribution in [0.15, 0.2) is 60.8 Å². The van der Waals surface area contributed by atoms with Gasteiger partial charge in [0.15, 0.2) is 5.69 Å². The van der Waals surface area contributed by atoms with E-state index in [1.165, 1.54) is 12.1 Å². The lowest BCUT2D eigenvalue weighted by atomic mass is 10.1. The van der Waals surface area contributed by atoms with Crippen LogP contribution in [0.1, 0.15) is 12.0 Å². The number of H-pyrrole nitrogens is 1. The fourth-order valence-corrected chi connectivity index (χ4v) is 2.46. The summed E-state index contributed by atoms with van der Waals surface area (Å²) in [4.78, 5) is 19.0. The minimum absolute atomic E-state index is 0.117. The van der Waals surface area contributed by atoms with Crippen LogP contribution in [0.4, 0.5) is 16.0 Å². The molecule has 2 aromatic carbocycles. The molecule has 4 N–H and O–H groups in total. The SMILES string of the molecule is Nc1nc(-c2ccc(NC(=O)CCc3cccc(F)c3)cc2)cc[nH+]1. The number of rotatable bonds is 5. The normalized spacial score (nSPS) is 10.4. The maximum Gasteiger partial charge on any atom is 0.387 e. The van der Waals surface area contributed by atoms with Crippen LogP contribution in [-0.4, -0.2) is 10.9 Å². The first-order valence-corrected chi connectivity index (χ1v) is 7.89. The van der Waals surface area contributed by atoms with Crippen molar-refractivity contribution in [2.45, 2.75) is 12.8 Å². The first-order chi connectivity index (χ1) is 12.1. The van der Waals surface area contributed by atoms with Gasteiger partial charge in [-0.2, -0.15) is 0 Å². The number of carbonyl (C=O) groups is 1. The van der Waals surface area contributed by atoms with Crippen LogP contribution < -0.4 is 16.0 Å². The number of aromatic nitrogens is 2. The number of aryl methyl sites for hydroxylation is 1. The molecule has 0 fully saturated rings. The van der Waals surface area contributed by atoms with Gasteiger partial charge in [0.25, 0.3) is 0 Å². The molecule has 0 radical (unpaired) electrons. The third-order valence-corrected chi connectivity index (χ3v) is 3.71. The van der Waals surface area contributed by atoms with Gasteiger partial charge in [-0.05, 0) is 48.4 Å². The Morgan fingerprint density at radius 1 is 1.16 bits per heavy atom. The van der Waals surface area contributed by atoms with Crippen molar-refractivity contribution in [2.24, 2.45) is 0 Å². The summed E-state index contributed by atoms with van der Waals surface area (Å²) in [6, 6.07) is 15.5. The molecule has 3 aromatic rings. The first-order valence-electron chi connectivity index (χ1n) is 7.89. The molecular weight excluding hydrogens is 319 g/mol. The van der Waals surface area contributed by atoms with Crippen LogP contribution >= 0.6 is 0 Å². The van der Waals surface area contributed by atoms with Gasteiger partial charge >= 0.3 is 5.95 Å². The van der Waals surface area contributed by atoms with E-state index >= 15 is 0 Å². The Morgan fingerprint density at radius 3 is 2.68 bits per heavy atom. The Balaban J connectivity index is 1.58. The van der Waals surface area contributed by atoms with Crippen molar-refractivity contribution in [1.82, 2.24) is 4.98 Å². The van der Waals surface area contributed by atoms with E-state index in [0.717, 1.165) is 16.8 Å². The Labute approximate surface area is 144 Å². The monoisotopic (exact) mass is 337 g/mol. The molecular formula is C19H18FN4O+. The van der Waals surface area contributed by atoms with E-state index in [-0.39, 0.29) is 18.1 Å². The van der Waals surface area contributed by atoms with Crippen LogP contribution in [0, 0.1) is 5.82 Å². The predicted octanol–water partition coefficient (Wildman–Crippen LogP) is 2.86. The summed E-state index contributed by atoms with van der Waals surface area (Å²) in [7, 11) is 0. The Hall–Kier alpha value is -3.28. The third-order valence-electron chi connectivity index (χ3n) is 3.71. The molecule has 1 amide bonds. The van der Waals surface area contributed by atoms with Crippen molar-refractivity contribution in [3.63, 3.8) is 0 Å². The number of nitrogens with two attached hydrogens (primary N) is 1. The fourth-order valence-electron chi connectivity index (χ4n) is 2.46. The average molecular weight is 337 g/mol. The van der Waals surface area contributed by atoms with E-state index < -0.39 is 0 Å². The van der Waals surface area contributed by atoms with E-state index in [9.17, 15) is 9.18 Å². The summed E-state index contributed by atoms with van der Waals surface area (Å²) in [5.74, 6) is -0.0674. The van der Waals surface area contributed by atoms with E-state index in [1.807, 2.05) is 30.3 Å². The molecule has 0 aliphatic carbocycles. The number of nitrogens with zero attached hydrogens (tertiary/aromatic N) is 1. The van der Waals surface area contributed by atoms with E-state index in [2.05, 4.69) is 15.3 Å². The molecule has 0 saturated heterocycles. The van der Waals surface area contributed by atoms with Gasteiger partial charge < -0.3 is 5.32 Å². The Kier molecular flexibility index (Phi) is 4.99. The van der Waals surface area contributed by atoms with Gasteiger partial charge in [-0.25, -0.2) is 9.37 Å². The molecule has 3 rings (SSSR count). The average Bonchev–Trinajstić information content (AvgIpc) is 2.61. The topological polar surface area (TPSA) is 82.1 Å². The molecule has 25 heavy (non-hydrogen) atoms. The molecule has 0 atom stereocenters. The quantitative estimate of drug-likeness (QED) is 0.751. The molecule has 1 aromatic heterocycles. The summed E-state index contributed by atoms with van der Waals surface area (Å²) in [5, 5.41) is 2.83. The summed E-state index contributed by atoms with van der Waals surface area (Å²) in [6.45, 7) is 0. The summed E-state index contributed by atoms with van der Waals surface area (Å²) in [6.07, 6.45) is 2.50. The molecule has 0 unspecified atom stereocenters. The zero-order chi connectivity index (χ0) is 17.6. The largest absolute Gasteiger partial charge is 0.387 e. The molecule has 0 saturated carbocycles. The van der Waals surface area contributed by atoms with Crippen molar-refractivity contribution in [1.29, 1.82) is 0 Å². The van der Waals surface area contributed by atoms with Crippen LogP contribution in [0.25, 0.3) is 11.3 Å². The highest BCUT2D eigenvalue weighted by atomic mass is 19.1. The van der Waals surface area contributed by atoms with E-state index in [0.29, 0.717) is 18.1 Å². The van der Waals surface area contributed by atoms with Crippen LogP contribution in [0.2, 0.25) is 0 Å². The molecule has 0 aliphatic rings. The maximum atomic E-state index is 13.1. The number of nitrogen functional groups attached to an aromatic ring is 1. The highest BCUT2D eigenvalue weighted by Crippen LogP contribution is 2.19. The molecule has 5 nitrogen and oxygen atoms in total. The smallest absolute Gasteiger partial charge is 0.326 e. The van der Waals surface area contributed by atoms with Gasteiger partial charge in [-0.3, -0.25) is 10.5 Å². The lowest BCUT2D eigenvalue weighted by molar-refractivity contribution is -0.364. The minimum Gasteiger partial charge on any atom is -0.326 e. The number of benzene rings is 2. The maximum absolute atomic E-state index is 13.1. The lowest BCUT2D eigenvalue weighted by Crippen LogP contribution is -2.12. The van der Waals surface area contributed by atoms with Crippen molar-refractivity contribution >= 4 is 17.5 Å². The first kappa shape index (κ1) is 16.6. The van der Waals surface area contributed by atoms with Gasteiger partial charge in [0, 0.05) is 23.7 Å². The van der Waals surface area contributed by atoms with Crippen molar-refractivity contribution < 1.29 is 14.2 Å². The number of amides is 1. The minimum atomic E-state index is -0.291. The van der Waals surface area contributed by atoms with E-state index in [1.54, 1.807) is 18.3 Å². The van der Waals surface area contributed by atoms with Gasteiger partial charge in [0.2, 0.25) is 5.91 Å². The second kappa shape index (κ2) is 7.53. The Morgan fingerprint density at radius 2 is 1.96 bits per heavy atom. The number of aromatic amines is 1. The lowest BCUT2D eigenvalue weighted by Gasteiger charge is -2.06. The van der Waals surface area contributed by atoms with Gasteiger partial charge in [-0.1, -0.05) is 17.1 Å². The van der Waals surface area contributed by atoms with Crippen molar-refractivity contribution in [3.8, 4) is 11.3 Å². The van der Waals surface area contributed by atoms with Crippen molar-refractivity contribution in [2.75, 3.05) is 11.1 Å². The standard InChI is InChI=1S/C19H17FN4O/c20-15-3-1-2-13(12-15)4-9-18(25)23-16-7-5-14(6-8-16)17-10-11-22-19(21)24-17/h1-3,5-8,10-12H,4,9H2,(H,23,25)(H2,21,22,24)/p+1. The van der Waals surface area contributed by atoms with Gasteiger partial charge in [0.05, 0.1) is 6.20 Å². The number of anilines is 2. The number of nitrogens with one attached hydrogen (secondary N) is 2. The van der Waals surface area contributed by atoms with Crippen LogP contribution in [0.3, 0.4) is 0 Å². The van der Waals surface area contributed by atoms with Crippen LogP contribution in [0.5, 0.6) is 0 Å². The second-order valence-electron chi connectivity index (χ2n) is 5.62. The third kappa shape index (κ3) is 4.60. The van der Waals surface area contributed by atoms with E-state index in [4.69, 9.17) is 5.73 Å². The molecule has 0 aliphatic heterocycles. The Bertz CT molecular complexity index is 881. The molecule has 0 bridgehead atoms. The zero-order valence-electron chi connectivity index (χ0n) is 13.5. The number of halogens is 1. The second-order valence-corrected chi connectivity index (χ2v) is 5.62. The summed E-state index contributed by atoms with van der Waals surface area (Å²) in [5.41, 5.74) is 8.79. The van der Waals surface area contributed by atoms with Gasteiger partial charge in [0.1, 0.15) is 5.82 Å². The number of carbonyl (C=O) groups excluding carboxylic acids is 1. The summed E-state index contributed by atoms with van der Waals surface area (Å²) >= 11 is 0. The van der Waals surface area contributed by atoms with Gasteiger partial charge in [-0.15, -0.1) is 0 Å². The summed E-state index contributed by atoms with van der Waals surface area (Å²) < 4.78 is 13.1. The fraction of sp³-hybridized carbons (Fsp3) is 0.105. The zero-order valence-corrected chi connectivity index (χ0v) is 13.5. The molecule has 6 heteroatoms. The molecule has 126 valence electrons. The number of hydrogen-bond acceptors (Lipinski definition) is 3. The molecule has 1 heterocycles. The highest BCUT2D eigenvalue weighted by Gasteiger charge is 2.07. The highest BCUT2D eigenvalue weighted by molar-refractivity contribution is 5.91. The number of hydrogen-bond donors (Lipinski definition) is 2. The van der Waals surface area contributed by atoms with Crippen molar-refractivity contribution in [3.05, 3.63) is 72.2 Å². The van der Waals surface area contributed by atoms with Crippen LogP contribution in [-0.2, 0) is 11.2 Å². The molecule has 0 spiro atoms.